The second-order valence-corrected chi connectivity index (χ2v) is 7.94. The summed E-state index contributed by atoms with van der Waals surface area (Å²) in [6.07, 6.45) is 3.27. The maximum absolute atomic E-state index is 13.3. The number of ether oxygens (including phenoxy) is 1. The van der Waals surface area contributed by atoms with Crippen LogP contribution in [0.25, 0.3) is 0 Å². The van der Waals surface area contributed by atoms with Crippen LogP contribution in [0, 0.1) is 0 Å². The zero-order chi connectivity index (χ0) is 22.6. The van der Waals surface area contributed by atoms with E-state index in [1.807, 2.05) is 55.5 Å². The van der Waals surface area contributed by atoms with E-state index < -0.39 is 6.04 Å². The molecule has 168 valence electrons. The lowest BCUT2D eigenvalue weighted by Crippen LogP contribution is -2.49. The highest BCUT2D eigenvalue weighted by Crippen LogP contribution is 2.20. The predicted molar refractivity (Wildman–Crippen MR) is 125 cm³/mol. The molecule has 2 rings (SSSR count). The van der Waals surface area contributed by atoms with Crippen LogP contribution in [-0.4, -0.2) is 36.4 Å². The van der Waals surface area contributed by atoms with E-state index in [0.29, 0.717) is 31.0 Å². The average Bonchev–Trinajstić information content (AvgIpc) is 2.78. The molecule has 0 aliphatic rings. The highest BCUT2D eigenvalue weighted by Gasteiger charge is 2.28. The third-order valence-electron chi connectivity index (χ3n) is 5.27. The van der Waals surface area contributed by atoms with Crippen LogP contribution in [0.4, 0.5) is 0 Å². The normalized spacial score (nSPS) is 11.6. The van der Waals surface area contributed by atoms with Gasteiger partial charge in [-0.15, -0.1) is 0 Å². The van der Waals surface area contributed by atoms with Crippen molar-refractivity contribution in [3.05, 3.63) is 64.7 Å². The summed E-state index contributed by atoms with van der Waals surface area (Å²) in [5, 5.41) is 3.63. The van der Waals surface area contributed by atoms with Crippen LogP contribution < -0.4 is 10.1 Å². The smallest absolute Gasteiger partial charge is 0.242 e. The van der Waals surface area contributed by atoms with Gasteiger partial charge in [-0.2, -0.15) is 0 Å². The molecule has 0 radical (unpaired) electrons. The Morgan fingerprint density at radius 1 is 1.13 bits per heavy atom. The molecule has 0 spiro atoms. The molecule has 31 heavy (non-hydrogen) atoms. The molecule has 1 N–H and O–H groups in total. The number of hydrogen-bond donors (Lipinski definition) is 1. The fourth-order valence-electron chi connectivity index (χ4n) is 3.48. The van der Waals surface area contributed by atoms with E-state index in [9.17, 15) is 9.59 Å². The third kappa shape index (κ3) is 7.59. The van der Waals surface area contributed by atoms with Crippen LogP contribution in [0.1, 0.15) is 50.7 Å². The van der Waals surface area contributed by atoms with Gasteiger partial charge >= 0.3 is 0 Å². The van der Waals surface area contributed by atoms with Crippen molar-refractivity contribution in [1.29, 1.82) is 0 Å². The number of halogens is 1. The molecule has 0 aromatic heterocycles. The summed E-state index contributed by atoms with van der Waals surface area (Å²) in [5.41, 5.74) is 1.85. The molecular weight excluding hydrogens is 412 g/mol. The first-order valence-electron chi connectivity index (χ1n) is 10.9. The van der Waals surface area contributed by atoms with E-state index in [-0.39, 0.29) is 18.2 Å². The zero-order valence-electron chi connectivity index (χ0n) is 18.7. The molecule has 0 aliphatic carbocycles. The van der Waals surface area contributed by atoms with Gasteiger partial charge in [0.2, 0.25) is 11.8 Å². The summed E-state index contributed by atoms with van der Waals surface area (Å²) < 4.78 is 5.32. The van der Waals surface area contributed by atoms with Crippen molar-refractivity contribution in [3.63, 3.8) is 0 Å². The molecule has 0 aliphatic heterocycles. The summed E-state index contributed by atoms with van der Waals surface area (Å²) in [4.78, 5) is 27.9. The van der Waals surface area contributed by atoms with Gasteiger partial charge in [-0.05, 0) is 48.6 Å². The highest BCUT2D eigenvalue weighted by atomic mass is 35.5. The number of nitrogens with zero attached hydrogens (tertiary/aromatic N) is 1. The van der Waals surface area contributed by atoms with Gasteiger partial charge in [-0.1, -0.05) is 62.2 Å². The molecule has 0 heterocycles. The SMILES string of the molecule is CCCCNC(=O)[C@H](CC)N(Cc1cccc(OC)c1)C(=O)CCc1ccccc1Cl. The largest absolute Gasteiger partial charge is 0.497 e. The Bertz CT molecular complexity index is 856. The average molecular weight is 445 g/mol. The van der Waals surface area contributed by atoms with Gasteiger partial charge in [0.25, 0.3) is 0 Å². The molecule has 2 amide bonds. The molecule has 0 fully saturated rings. The van der Waals surface area contributed by atoms with Crippen molar-refractivity contribution >= 4 is 23.4 Å². The van der Waals surface area contributed by atoms with Crippen molar-refractivity contribution in [1.82, 2.24) is 10.2 Å². The number of benzene rings is 2. The van der Waals surface area contributed by atoms with E-state index in [0.717, 1.165) is 29.7 Å². The maximum atomic E-state index is 13.3. The Labute approximate surface area is 190 Å². The number of methoxy groups -OCH3 is 1. The number of aryl methyl sites for hydroxylation is 1. The Balaban J connectivity index is 2.21. The van der Waals surface area contributed by atoms with Crippen LogP contribution in [0.15, 0.2) is 48.5 Å². The van der Waals surface area contributed by atoms with Gasteiger partial charge in [-0.25, -0.2) is 0 Å². The van der Waals surface area contributed by atoms with Gasteiger partial charge < -0.3 is 15.0 Å². The molecule has 1 atom stereocenters. The third-order valence-corrected chi connectivity index (χ3v) is 5.64. The number of carbonyl (C=O) groups is 2. The monoisotopic (exact) mass is 444 g/mol. The second-order valence-electron chi connectivity index (χ2n) is 7.53. The van der Waals surface area contributed by atoms with Crippen molar-refractivity contribution in [3.8, 4) is 5.75 Å². The number of amides is 2. The van der Waals surface area contributed by atoms with Crippen molar-refractivity contribution in [2.24, 2.45) is 0 Å². The van der Waals surface area contributed by atoms with E-state index in [1.54, 1.807) is 12.0 Å². The Morgan fingerprint density at radius 3 is 2.58 bits per heavy atom. The quantitative estimate of drug-likeness (QED) is 0.468. The molecule has 6 heteroatoms. The van der Waals surface area contributed by atoms with Gasteiger partial charge in [0.05, 0.1) is 7.11 Å². The van der Waals surface area contributed by atoms with Crippen LogP contribution in [0.3, 0.4) is 0 Å². The first-order valence-corrected chi connectivity index (χ1v) is 11.3. The number of unbranched alkanes of at least 4 members (excludes halogenated alkanes) is 1. The molecule has 0 bridgehead atoms. The molecule has 2 aromatic rings. The molecular formula is C25H33ClN2O3. The lowest BCUT2D eigenvalue weighted by atomic mass is 10.1. The lowest BCUT2D eigenvalue weighted by molar-refractivity contribution is -0.141. The van der Waals surface area contributed by atoms with E-state index in [4.69, 9.17) is 16.3 Å². The molecule has 2 aromatic carbocycles. The van der Waals surface area contributed by atoms with Crippen molar-refractivity contribution in [2.75, 3.05) is 13.7 Å². The Morgan fingerprint density at radius 2 is 1.90 bits per heavy atom. The Hall–Kier alpha value is -2.53. The van der Waals surface area contributed by atoms with Crippen LogP contribution in [0.5, 0.6) is 5.75 Å². The Kier molecular flexibility index (Phi) is 10.4. The maximum Gasteiger partial charge on any atom is 0.242 e. The van der Waals surface area contributed by atoms with Crippen LogP contribution in [0.2, 0.25) is 5.02 Å². The predicted octanol–water partition coefficient (Wildman–Crippen LogP) is 5.00. The number of hydrogen-bond acceptors (Lipinski definition) is 3. The number of rotatable bonds is 12. The van der Waals surface area contributed by atoms with Crippen LogP contribution >= 0.6 is 11.6 Å². The fourth-order valence-corrected chi connectivity index (χ4v) is 3.71. The van der Waals surface area contributed by atoms with Gasteiger partial charge in [0, 0.05) is 24.5 Å². The molecule has 0 unspecified atom stereocenters. The fraction of sp³-hybridized carbons (Fsp3) is 0.440. The minimum Gasteiger partial charge on any atom is -0.497 e. The zero-order valence-corrected chi connectivity index (χ0v) is 19.5. The molecule has 0 saturated carbocycles. The van der Waals surface area contributed by atoms with E-state index >= 15 is 0 Å². The van der Waals surface area contributed by atoms with Crippen molar-refractivity contribution < 1.29 is 14.3 Å². The molecule has 0 saturated heterocycles. The number of carbonyl (C=O) groups excluding carboxylic acids is 2. The summed E-state index contributed by atoms with van der Waals surface area (Å²) in [6, 6.07) is 14.6. The molecule has 5 nitrogen and oxygen atoms in total. The van der Waals surface area contributed by atoms with Gasteiger partial charge in [0.1, 0.15) is 11.8 Å². The highest BCUT2D eigenvalue weighted by molar-refractivity contribution is 6.31. The number of nitrogens with one attached hydrogen (secondary N) is 1. The standard InChI is InChI=1S/C25H33ClN2O3/c1-4-6-16-27-25(30)23(5-2)28(18-19-10-9-12-21(17-19)31-3)24(29)15-14-20-11-7-8-13-22(20)26/h7-13,17,23H,4-6,14-16,18H2,1-3H3,(H,27,30)/t23-/m0/s1. The van der Waals surface area contributed by atoms with Crippen LogP contribution in [-0.2, 0) is 22.6 Å². The summed E-state index contributed by atoms with van der Waals surface area (Å²) in [5.74, 6) is 0.548. The lowest BCUT2D eigenvalue weighted by Gasteiger charge is -2.31. The summed E-state index contributed by atoms with van der Waals surface area (Å²) in [6.45, 7) is 4.98. The van der Waals surface area contributed by atoms with Crippen molar-refractivity contribution in [2.45, 2.75) is 58.5 Å². The van der Waals surface area contributed by atoms with E-state index in [1.165, 1.54) is 0 Å². The summed E-state index contributed by atoms with van der Waals surface area (Å²) in [7, 11) is 1.61. The minimum atomic E-state index is -0.526. The first-order chi connectivity index (χ1) is 15.0. The topological polar surface area (TPSA) is 58.6 Å². The first kappa shape index (κ1) is 24.7. The second kappa shape index (κ2) is 13.0. The summed E-state index contributed by atoms with van der Waals surface area (Å²) >= 11 is 6.26. The van der Waals surface area contributed by atoms with Gasteiger partial charge in [0.15, 0.2) is 0 Å². The van der Waals surface area contributed by atoms with Gasteiger partial charge in [-0.3, -0.25) is 9.59 Å². The van der Waals surface area contributed by atoms with E-state index in [2.05, 4.69) is 12.2 Å². The minimum absolute atomic E-state index is 0.0692.